The van der Waals surface area contributed by atoms with Crippen LogP contribution in [0, 0.1) is 0 Å². The molecule has 1 amide bonds. The van der Waals surface area contributed by atoms with Crippen molar-refractivity contribution in [3.63, 3.8) is 0 Å². The van der Waals surface area contributed by atoms with E-state index in [1.165, 1.54) is 14.0 Å². The van der Waals surface area contributed by atoms with E-state index in [4.69, 9.17) is 23.4 Å². The Morgan fingerprint density at radius 2 is 1.70 bits per heavy atom. The number of hydrogen-bond acceptors (Lipinski definition) is 10. The summed E-state index contributed by atoms with van der Waals surface area (Å²) in [6.45, 7) is 17.7. The van der Waals surface area contributed by atoms with Crippen molar-refractivity contribution in [1.29, 1.82) is 0 Å². The number of anilines is 1. The minimum Gasteiger partial charge on any atom is -0.485 e. The summed E-state index contributed by atoms with van der Waals surface area (Å²) in [4.78, 5) is 56.6. The van der Waals surface area contributed by atoms with Crippen LogP contribution in [0.4, 0.5) is 10.5 Å². The molecule has 11 nitrogen and oxygen atoms in total. The molecular weight excluding hydrogens is 620 g/mol. The zero-order valence-corrected chi connectivity index (χ0v) is 30.0. The topological polar surface area (TPSA) is 121 Å². The van der Waals surface area contributed by atoms with Gasteiger partial charge < -0.3 is 33.1 Å². The maximum Gasteiger partial charge on any atom is 0.411 e. The first-order chi connectivity index (χ1) is 21.9. The molecule has 3 aliphatic heterocycles. The van der Waals surface area contributed by atoms with Crippen molar-refractivity contribution in [3.8, 4) is 11.5 Å². The molecule has 2 aromatic rings. The zero-order chi connectivity index (χ0) is 34.7. The van der Waals surface area contributed by atoms with Crippen molar-refractivity contribution >= 4 is 38.3 Å². The molecular formula is C35H46N2O9Si. The normalized spacial score (nSPS) is 23.0. The molecule has 47 heavy (non-hydrogen) atoms. The molecule has 0 saturated carbocycles. The quantitative estimate of drug-likeness (QED) is 0.110. The predicted molar refractivity (Wildman–Crippen MR) is 178 cm³/mol. The van der Waals surface area contributed by atoms with Gasteiger partial charge in [0.05, 0.1) is 31.8 Å². The van der Waals surface area contributed by atoms with Gasteiger partial charge in [0.15, 0.2) is 19.8 Å². The number of piperazine rings is 1. The van der Waals surface area contributed by atoms with Crippen molar-refractivity contribution in [2.75, 3.05) is 25.2 Å². The third-order valence-electron chi connectivity index (χ3n) is 9.71. The van der Waals surface area contributed by atoms with Crippen LogP contribution in [-0.2, 0) is 35.5 Å². The summed E-state index contributed by atoms with van der Waals surface area (Å²) in [6, 6.07) is 9.86. The highest BCUT2D eigenvalue weighted by atomic mass is 28.4. The Labute approximate surface area is 277 Å². The third kappa shape index (κ3) is 6.13. The number of esters is 2. The van der Waals surface area contributed by atoms with Crippen molar-refractivity contribution in [3.05, 3.63) is 53.1 Å². The molecule has 2 saturated heterocycles. The molecule has 1 unspecified atom stereocenters. The summed E-state index contributed by atoms with van der Waals surface area (Å²) in [6.07, 6.45) is 0.423. The Balaban J connectivity index is 1.72. The van der Waals surface area contributed by atoms with Gasteiger partial charge in [-0.2, -0.15) is 0 Å². The van der Waals surface area contributed by atoms with E-state index < -0.39 is 43.4 Å². The van der Waals surface area contributed by atoms with Gasteiger partial charge in [-0.15, -0.1) is 0 Å². The van der Waals surface area contributed by atoms with Gasteiger partial charge in [-0.3, -0.25) is 9.69 Å². The Kier molecular flexibility index (Phi) is 8.76. The summed E-state index contributed by atoms with van der Waals surface area (Å²) in [5.41, 5.74) is -0.241. The molecule has 0 aromatic heterocycles. The van der Waals surface area contributed by atoms with Gasteiger partial charge in [0.25, 0.3) is 0 Å². The number of nitrogens with zero attached hydrogens (tertiary/aromatic N) is 2. The van der Waals surface area contributed by atoms with Gasteiger partial charge in [-0.05, 0) is 50.5 Å². The van der Waals surface area contributed by atoms with Gasteiger partial charge >= 0.3 is 18.0 Å². The molecule has 4 atom stereocenters. The van der Waals surface area contributed by atoms with E-state index in [9.17, 15) is 19.2 Å². The number of ether oxygens (including phenoxy) is 4. The van der Waals surface area contributed by atoms with Crippen molar-refractivity contribution < 1.29 is 42.6 Å². The number of aldehydes is 1. The number of carbonyl (C=O) groups is 4. The minimum atomic E-state index is -2.43. The number of benzene rings is 2. The molecule has 3 heterocycles. The van der Waals surface area contributed by atoms with E-state index in [1.54, 1.807) is 11.0 Å². The molecule has 3 aliphatic rings. The Morgan fingerprint density at radius 3 is 2.26 bits per heavy atom. The second kappa shape index (κ2) is 12.0. The number of methoxy groups -OCH3 is 1. The van der Waals surface area contributed by atoms with E-state index in [0.29, 0.717) is 17.8 Å². The molecule has 0 radical (unpaired) electrons. The minimum absolute atomic E-state index is 0.00861. The number of hydrogen-bond donors (Lipinski definition) is 0. The number of rotatable bonds is 9. The maximum atomic E-state index is 13.8. The maximum absolute atomic E-state index is 13.8. The summed E-state index contributed by atoms with van der Waals surface area (Å²) in [7, 11) is -1.18. The smallest absolute Gasteiger partial charge is 0.411 e. The second-order valence-corrected chi connectivity index (χ2v) is 19.9. The molecule has 0 bridgehead atoms. The molecule has 2 aromatic carbocycles. The van der Waals surface area contributed by atoms with Crippen LogP contribution in [0.5, 0.6) is 11.5 Å². The van der Waals surface area contributed by atoms with Gasteiger partial charge in [0, 0.05) is 24.7 Å². The lowest BCUT2D eigenvalue weighted by molar-refractivity contribution is -0.132. The van der Waals surface area contributed by atoms with Crippen LogP contribution in [0.3, 0.4) is 0 Å². The van der Waals surface area contributed by atoms with Crippen LogP contribution in [0.25, 0.3) is 0 Å². The lowest BCUT2D eigenvalue weighted by Crippen LogP contribution is -2.54. The van der Waals surface area contributed by atoms with Crippen molar-refractivity contribution in [2.45, 2.75) is 102 Å². The summed E-state index contributed by atoms with van der Waals surface area (Å²) >= 11 is 0. The lowest BCUT2D eigenvalue weighted by atomic mass is 9.76. The van der Waals surface area contributed by atoms with E-state index in [1.807, 2.05) is 56.0 Å². The highest BCUT2D eigenvalue weighted by Crippen LogP contribution is 2.61. The number of fused-ring (bicyclic) bond motifs is 5. The summed E-state index contributed by atoms with van der Waals surface area (Å²) in [5.74, 6) is -1.45. The molecule has 2 fully saturated rings. The SMILES string of the molecule is COC(=O)c1cc2c(c(OCc3ccccc3)c1OC(C)=O)[C@](C=O)(CO[Si](C)(C)C(C)(C)C)C1[C@@H]3[C@H](CN21)N3C(=O)OC(C)(C)C. The van der Waals surface area contributed by atoms with Crippen LogP contribution in [0.1, 0.15) is 70.0 Å². The van der Waals surface area contributed by atoms with Gasteiger partial charge in [0.2, 0.25) is 0 Å². The molecule has 0 aliphatic carbocycles. The van der Waals surface area contributed by atoms with Crippen molar-refractivity contribution in [1.82, 2.24) is 4.90 Å². The van der Waals surface area contributed by atoms with Gasteiger partial charge in [-0.25, -0.2) is 9.59 Å². The fraction of sp³-hybridized carbons (Fsp3) is 0.543. The van der Waals surface area contributed by atoms with Crippen LogP contribution in [-0.4, -0.2) is 81.5 Å². The highest BCUT2D eigenvalue weighted by Gasteiger charge is 2.72. The fourth-order valence-electron chi connectivity index (χ4n) is 6.42. The van der Waals surface area contributed by atoms with Crippen molar-refractivity contribution in [2.24, 2.45) is 0 Å². The highest BCUT2D eigenvalue weighted by molar-refractivity contribution is 6.74. The van der Waals surface area contributed by atoms with Crippen LogP contribution in [0.15, 0.2) is 36.4 Å². The van der Waals surface area contributed by atoms with E-state index in [2.05, 4.69) is 33.9 Å². The molecule has 5 rings (SSSR count). The van der Waals surface area contributed by atoms with E-state index in [-0.39, 0.29) is 47.4 Å². The largest absolute Gasteiger partial charge is 0.485 e. The van der Waals surface area contributed by atoms with E-state index in [0.717, 1.165) is 11.8 Å². The summed E-state index contributed by atoms with van der Waals surface area (Å²) < 4.78 is 29.9. The monoisotopic (exact) mass is 666 g/mol. The Hall–Kier alpha value is -3.90. The first-order valence-corrected chi connectivity index (χ1v) is 18.8. The predicted octanol–water partition coefficient (Wildman–Crippen LogP) is 5.63. The number of carbonyl (C=O) groups excluding carboxylic acids is 4. The Morgan fingerprint density at radius 1 is 1.04 bits per heavy atom. The Bertz CT molecular complexity index is 1580. The second-order valence-electron chi connectivity index (χ2n) is 15.1. The summed E-state index contributed by atoms with van der Waals surface area (Å²) in [5, 5.41) is -0.164. The van der Waals surface area contributed by atoms with Crippen LogP contribution >= 0.6 is 0 Å². The van der Waals surface area contributed by atoms with Crippen LogP contribution in [0.2, 0.25) is 18.1 Å². The molecule has 0 N–H and O–H groups in total. The number of amides is 1. The molecule has 12 heteroatoms. The average molecular weight is 667 g/mol. The first-order valence-electron chi connectivity index (χ1n) is 15.9. The van der Waals surface area contributed by atoms with Gasteiger partial charge in [0.1, 0.15) is 29.5 Å². The van der Waals surface area contributed by atoms with E-state index >= 15 is 0 Å². The fourth-order valence-corrected chi connectivity index (χ4v) is 7.46. The lowest BCUT2D eigenvalue weighted by Gasteiger charge is -2.41. The standard InChI is InChI=1S/C35H46N2O9Si/c1-21(39)45-28-23(31(40)42-8)16-24-26(29(28)43-18-22-14-12-11-13-15-22)35(19-38,20-44-47(9,10)34(5,6)7)30-27-25(17-36(24)30)37(27)32(41)46-33(2,3)4/h11-16,19,25,27,30H,17-18,20H2,1-10H3/t25-,27-,30?,35-,37?/m0/s1. The molecule has 254 valence electrons. The zero-order valence-electron chi connectivity index (χ0n) is 29.0. The first kappa shape index (κ1) is 34.4. The van der Waals surface area contributed by atoms with Gasteiger partial charge in [-0.1, -0.05) is 51.1 Å². The van der Waals surface area contributed by atoms with Crippen LogP contribution < -0.4 is 14.4 Å². The third-order valence-corrected chi connectivity index (χ3v) is 14.2. The average Bonchev–Trinajstić information content (AvgIpc) is 3.44. The molecule has 0 spiro atoms.